The highest BCUT2D eigenvalue weighted by atomic mass is 16.7. The van der Waals surface area contributed by atoms with E-state index < -0.39 is 42.6 Å². The molecule has 1 heterocycles. The summed E-state index contributed by atoms with van der Waals surface area (Å²) in [6.45, 7) is 3.46. The second-order valence-corrected chi connectivity index (χ2v) is 9.25. The van der Waals surface area contributed by atoms with Crippen molar-refractivity contribution in [3.8, 4) is 0 Å². The molecule has 3 aromatic rings. The van der Waals surface area contributed by atoms with Crippen molar-refractivity contribution in [2.24, 2.45) is 0 Å². The molecule has 0 radical (unpaired) electrons. The summed E-state index contributed by atoms with van der Waals surface area (Å²) in [6, 6.07) is 28.9. The quantitative estimate of drug-likeness (QED) is 0.312. The zero-order valence-electron chi connectivity index (χ0n) is 22.1. The first-order valence-electron chi connectivity index (χ1n) is 12.9. The number of carbonyl (C=O) groups is 2. The van der Waals surface area contributed by atoms with E-state index in [9.17, 15) is 9.59 Å². The van der Waals surface area contributed by atoms with Crippen molar-refractivity contribution in [3.05, 3.63) is 108 Å². The van der Waals surface area contributed by atoms with E-state index in [2.05, 4.69) is 0 Å². The molecule has 39 heavy (non-hydrogen) atoms. The van der Waals surface area contributed by atoms with Gasteiger partial charge in [-0.1, -0.05) is 91.0 Å². The molecule has 1 aliphatic rings. The minimum Gasteiger partial charge on any atom is -0.457 e. The first-order chi connectivity index (χ1) is 19.0. The number of rotatable bonds is 12. The van der Waals surface area contributed by atoms with Crippen LogP contribution in [-0.4, -0.2) is 49.3 Å². The molecule has 4 rings (SSSR count). The molecule has 8 nitrogen and oxygen atoms in total. The first kappa shape index (κ1) is 28.4. The van der Waals surface area contributed by atoms with Gasteiger partial charge in [0, 0.05) is 13.8 Å². The summed E-state index contributed by atoms with van der Waals surface area (Å²) in [5.41, 5.74) is 2.82. The Hall–Kier alpha value is -3.56. The maximum atomic E-state index is 12.2. The van der Waals surface area contributed by atoms with Crippen LogP contribution in [0.3, 0.4) is 0 Å². The Morgan fingerprint density at radius 2 is 1.08 bits per heavy atom. The topological polar surface area (TPSA) is 89.5 Å². The van der Waals surface area contributed by atoms with E-state index in [4.69, 9.17) is 28.4 Å². The summed E-state index contributed by atoms with van der Waals surface area (Å²) < 4.78 is 36.1. The van der Waals surface area contributed by atoms with Gasteiger partial charge in [0.15, 0.2) is 12.2 Å². The van der Waals surface area contributed by atoms with Crippen LogP contribution in [0.2, 0.25) is 0 Å². The highest BCUT2D eigenvalue weighted by Gasteiger charge is 2.51. The summed E-state index contributed by atoms with van der Waals surface area (Å²) in [5.74, 6) is -1.04. The summed E-state index contributed by atoms with van der Waals surface area (Å²) in [4.78, 5) is 24.3. The smallest absolute Gasteiger partial charge is 0.305 e. The Morgan fingerprint density at radius 3 is 1.56 bits per heavy atom. The summed E-state index contributed by atoms with van der Waals surface area (Å²) >= 11 is 0. The van der Waals surface area contributed by atoms with Crippen LogP contribution >= 0.6 is 0 Å². The molecule has 1 aliphatic heterocycles. The monoisotopic (exact) mass is 534 g/mol. The van der Waals surface area contributed by atoms with Crippen LogP contribution in [-0.2, 0) is 57.8 Å². The fourth-order valence-corrected chi connectivity index (χ4v) is 4.37. The van der Waals surface area contributed by atoms with Crippen molar-refractivity contribution in [2.75, 3.05) is 6.61 Å². The lowest BCUT2D eigenvalue weighted by atomic mass is 9.98. The molecule has 0 spiro atoms. The number of carbonyl (C=O) groups excluding carboxylic acids is 2. The standard InChI is InChI=1S/C31H34O8/c1-22(32)37-28-27(21-34-18-24-12-6-3-7-13-24)39-31(38-23(2)33)30(36-20-26-16-10-5-11-17-26)29(28)35-19-25-14-8-4-9-15-25/h3-17,27-31H,18-21H2,1-2H3/t27-,28+,29+,30-,31-/m1/s1. The van der Waals surface area contributed by atoms with E-state index in [1.165, 1.54) is 13.8 Å². The number of ether oxygens (including phenoxy) is 6. The third kappa shape index (κ3) is 8.73. The Morgan fingerprint density at radius 1 is 0.615 bits per heavy atom. The Labute approximate surface area is 228 Å². The molecule has 3 aromatic carbocycles. The van der Waals surface area contributed by atoms with Gasteiger partial charge in [-0.05, 0) is 16.7 Å². The highest BCUT2D eigenvalue weighted by Crippen LogP contribution is 2.31. The van der Waals surface area contributed by atoms with Crippen LogP contribution < -0.4 is 0 Å². The number of hydrogen-bond donors (Lipinski definition) is 0. The van der Waals surface area contributed by atoms with E-state index >= 15 is 0 Å². The molecule has 0 bridgehead atoms. The van der Waals surface area contributed by atoms with Gasteiger partial charge in [-0.3, -0.25) is 9.59 Å². The molecule has 0 saturated carbocycles. The van der Waals surface area contributed by atoms with Crippen molar-refractivity contribution in [1.29, 1.82) is 0 Å². The molecule has 0 aliphatic carbocycles. The minimum absolute atomic E-state index is 0.0706. The highest BCUT2D eigenvalue weighted by molar-refractivity contribution is 5.66. The van der Waals surface area contributed by atoms with Gasteiger partial charge in [0.05, 0.1) is 26.4 Å². The number of benzene rings is 3. The van der Waals surface area contributed by atoms with Gasteiger partial charge >= 0.3 is 11.9 Å². The molecule has 1 fully saturated rings. The molecule has 0 amide bonds. The van der Waals surface area contributed by atoms with Crippen LogP contribution in [0.4, 0.5) is 0 Å². The largest absolute Gasteiger partial charge is 0.457 e. The van der Waals surface area contributed by atoms with Crippen LogP contribution in [0.25, 0.3) is 0 Å². The summed E-state index contributed by atoms with van der Waals surface area (Å²) in [6.07, 6.45) is -4.47. The fourth-order valence-electron chi connectivity index (χ4n) is 4.37. The van der Waals surface area contributed by atoms with Crippen molar-refractivity contribution in [1.82, 2.24) is 0 Å². The maximum Gasteiger partial charge on any atom is 0.305 e. The minimum atomic E-state index is -1.11. The Bertz CT molecular complexity index is 1150. The van der Waals surface area contributed by atoms with E-state index in [1.54, 1.807) is 0 Å². The Kier molecular flexibility index (Phi) is 10.6. The zero-order chi connectivity index (χ0) is 27.5. The molecule has 1 saturated heterocycles. The average Bonchev–Trinajstić information content (AvgIpc) is 2.94. The molecule has 8 heteroatoms. The summed E-state index contributed by atoms with van der Waals surface area (Å²) in [7, 11) is 0. The van der Waals surface area contributed by atoms with Gasteiger partial charge in [-0.25, -0.2) is 0 Å². The predicted octanol–water partition coefficient (Wildman–Crippen LogP) is 4.59. The van der Waals surface area contributed by atoms with Crippen molar-refractivity contribution >= 4 is 11.9 Å². The third-order valence-corrected chi connectivity index (χ3v) is 6.14. The first-order valence-corrected chi connectivity index (χ1v) is 12.9. The fraction of sp³-hybridized carbons (Fsp3) is 0.355. The predicted molar refractivity (Wildman–Crippen MR) is 142 cm³/mol. The molecule has 0 unspecified atom stereocenters. The lowest BCUT2D eigenvalue weighted by molar-refractivity contribution is -0.314. The van der Waals surface area contributed by atoms with Gasteiger partial charge in [0.1, 0.15) is 12.2 Å². The normalized spacial score (nSPS) is 22.7. The van der Waals surface area contributed by atoms with E-state index in [-0.39, 0.29) is 19.8 Å². The lowest BCUT2D eigenvalue weighted by Gasteiger charge is -2.44. The summed E-state index contributed by atoms with van der Waals surface area (Å²) in [5, 5.41) is 0. The van der Waals surface area contributed by atoms with Crippen LogP contribution in [0, 0.1) is 0 Å². The zero-order valence-corrected chi connectivity index (χ0v) is 22.1. The van der Waals surface area contributed by atoms with Crippen LogP contribution in [0.5, 0.6) is 0 Å². The third-order valence-electron chi connectivity index (χ3n) is 6.14. The van der Waals surface area contributed by atoms with Crippen LogP contribution in [0.1, 0.15) is 30.5 Å². The van der Waals surface area contributed by atoms with E-state index in [1.807, 2.05) is 91.0 Å². The van der Waals surface area contributed by atoms with E-state index in [0.717, 1.165) is 16.7 Å². The SMILES string of the molecule is CC(=O)O[C@@H]1O[C@H](COCc2ccccc2)[C@H](OC(C)=O)[C@H](OCc2ccccc2)[C@H]1OCc1ccccc1. The van der Waals surface area contributed by atoms with Crippen molar-refractivity contribution in [2.45, 2.75) is 64.4 Å². The van der Waals surface area contributed by atoms with Gasteiger partial charge in [0.25, 0.3) is 0 Å². The van der Waals surface area contributed by atoms with Gasteiger partial charge in [-0.15, -0.1) is 0 Å². The molecular weight excluding hydrogens is 500 g/mol. The van der Waals surface area contributed by atoms with Gasteiger partial charge in [0.2, 0.25) is 6.29 Å². The maximum absolute atomic E-state index is 12.2. The van der Waals surface area contributed by atoms with Crippen molar-refractivity contribution < 1.29 is 38.0 Å². The number of hydrogen-bond acceptors (Lipinski definition) is 8. The molecule has 5 atom stereocenters. The van der Waals surface area contributed by atoms with E-state index in [0.29, 0.717) is 6.61 Å². The number of esters is 2. The second-order valence-electron chi connectivity index (χ2n) is 9.25. The van der Waals surface area contributed by atoms with Crippen LogP contribution in [0.15, 0.2) is 91.0 Å². The lowest BCUT2D eigenvalue weighted by Crippen LogP contribution is -2.62. The molecule has 0 aromatic heterocycles. The molecule has 206 valence electrons. The van der Waals surface area contributed by atoms with Crippen molar-refractivity contribution in [3.63, 3.8) is 0 Å². The van der Waals surface area contributed by atoms with Gasteiger partial charge < -0.3 is 28.4 Å². The molecular formula is C31H34O8. The van der Waals surface area contributed by atoms with Gasteiger partial charge in [-0.2, -0.15) is 0 Å². The Balaban J connectivity index is 1.59. The average molecular weight is 535 g/mol. The second kappa shape index (κ2) is 14.6. The molecule has 0 N–H and O–H groups in total.